The van der Waals surface area contributed by atoms with Crippen LogP contribution in [0.15, 0.2) is 71.3 Å². The topological polar surface area (TPSA) is 135 Å². The molecule has 3 atom stereocenters. The Kier molecular flexibility index (Phi) is 7.45. The first kappa shape index (κ1) is 28.6. The van der Waals surface area contributed by atoms with E-state index >= 15 is 0 Å². The number of piperazine rings is 1. The van der Waals surface area contributed by atoms with Crippen molar-refractivity contribution >= 4 is 28.6 Å². The highest BCUT2D eigenvalue weighted by atomic mass is 19.3. The summed E-state index contributed by atoms with van der Waals surface area (Å²) >= 11 is 0. The van der Waals surface area contributed by atoms with Crippen LogP contribution in [0.5, 0.6) is 0 Å². The van der Waals surface area contributed by atoms with E-state index in [1.165, 1.54) is 6.20 Å². The van der Waals surface area contributed by atoms with Gasteiger partial charge in [-0.2, -0.15) is 8.78 Å². The molecule has 3 aromatic heterocycles. The largest absolute Gasteiger partial charge is 0.436 e. The molecule has 2 unspecified atom stereocenters. The van der Waals surface area contributed by atoms with E-state index in [2.05, 4.69) is 30.7 Å². The van der Waals surface area contributed by atoms with E-state index in [4.69, 9.17) is 4.42 Å². The van der Waals surface area contributed by atoms with Crippen LogP contribution in [0.2, 0.25) is 0 Å². The Morgan fingerprint density at radius 3 is 2.49 bits per heavy atom. The van der Waals surface area contributed by atoms with Crippen molar-refractivity contribution in [1.29, 1.82) is 0 Å². The smallest absolute Gasteiger partial charge is 0.350 e. The van der Waals surface area contributed by atoms with Gasteiger partial charge in [0.1, 0.15) is 17.4 Å². The molecule has 5 aromatic rings. The lowest BCUT2D eigenvalue weighted by Crippen LogP contribution is -2.50. The Hall–Kier alpha value is -5.18. The van der Waals surface area contributed by atoms with Gasteiger partial charge in [-0.3, -0.25) is 19.5 Å². The first-order valence-electron chi connectivity index (χ1n) is 14.3. The number of nitrogens with one attached hydrogen (secondary N) is 1. The number of halogens is 3. The molecule has 1 saturated heterocycles. The van der Waals surface area contributed by atoms with Crippen molar-refractivity contribution in [3.05, 3.63) is 83.9 Å². The monoisotopic (exact) mass is 617 g/mol. The van der Waals surface area contributed by atoms with E-state index in [0.29, 0.717) is 48.5 Å². The molecule has 0 spiro atoms. The fraction of sp³-hybridized carbons (Fsp3) is 0.300. The number of alkyl halides is 3. The Morgan fingerprint density at radius 1 is 1.00 bits per heavy atom. The second-order valence-corrected chi connectivity index (χ2v) is 10.9. The molecular weight excluding hydrogens is 591 g/mol. The number of tetrazole rings is 1. The van der Waals surface area contributed by atoms with Crippen LogP contribution in [-0.4, -0.2) is 84.1 Å². The summed E-state index contributed by atoms with van der Waals surface area (Å²) in [5.74, 6) is -0.824. The number of nitrogens with zero attached hydrogens (tertiary/aromatic N) is 8. The van der Waals surface area contributed by atoms with Gasteiger partial charge in [0.05, 0.1) is 12.0 Å². The normalized spacial score (nSPS) is 19.2. The lowest BCUT2D eigenvalue weighted by Gasteiger charge is -2.38. The first-order chi connectivity index (χ1) is 21.8. The molecule has 1 N–H and O–H groups in total. The van der Waals surface area contributed by atoms with E-state index in [1.54, 1.807) is 35.2 Å². The highest BCUT2D eigenvalue weighted by molar-refractivity contribution is 5.96. The maximum Gasteiger partial charge on any atom is 0.350 e. The number of hydrogen-bond donors (Lipinski definition) is 1. The van der Waals surface area contributed by atoms with Gasteiger partial charge in [0.15, 0.2) is 11.4 Å². The van der Waals surface area contributed by atoms with Gasteiger partial charge in [-0.1, -0.05) is 35.1 Å². The molecule has 2 aliphatic rings. The summed E-state index contributed by atoms with van der Waals surface area (Å²) in [6.45, 7) is -1.31. The zero-order valence-corrected chi connectivity index (χ0v) is 23.6. The number of benzene rings is 2. The Balaban J connectivity index is 1.05. The Labute approximate surface area is 253 Å². The minimum atomic E-state index is -2.90. The Morgan fingerprint density at radius 2 is 1.78 bits per heavy atom. The standard InChI is InChI=1S/C30H26F3N9O3/c31-21-16-20(21)27(43)35-19-6-7-24-22(15-19)36-28(45-24)18-8-9-34-23(14-18)29(44)41-12-10-40(11-13-41)25(17-4-2-1-3-5-17)26-37-39-42(38-26)30(32)33/h1-9,14-15,20-21,25,30H,10-13,16H2,(H,35,43)/t20?,21?,25-/m1/s1. The molecule has 1 saturated carbocycles. The zero-order valence-electron chi connectivity index (χ0n) is 23.6. The van der Waals surface area contributed by atoms with Gasteiger partial charge in [0, 0.05) is 43.6 Å². The van der Waals surface area contributed by atoms with E-state index < -0.39 is 24.7 Å². The van der Waals surface area contributed by atoms with Gasteiger partial charge in [0.2, 0.25) is 11.8 Å². The van der Waals surface area contributed by atoms with E-state index in [9.17, 15) is 22.8 Å². The van der Waals surface area contributed by atoms with Gasteiger partial charge >= 0.3 is 6.55 Å². The molecule has 4 heterocycles. The average molecular weight is 618 g/mol. The van der Waals surface area contributed by atoms with Crippen molar-refractivity contribution in [2.75, 3.05) is 31.5 Å². The van der Waals surface area contributed by atoms with Gasteiger partial charge in [-0.05, 0) is 47.5 Å². The SMILES string of the molecule is O=C(Nc1ccc2oc(-c3ccnc(C(=O)N4CCN([C@H](c5ccccc5)c5nnn(C(F)F)n5)CC4)c3)nc2c1)C1CC1F. The molecule has 2 amide bonds. The maximum atomic E-state index is 13.5. The quantitative estimate of drug-likeness (QED) is 0.273. The molecule has 230 valence electrons. The van der Waals surface area contributed by atoms with E-state index in [-0.39, 0.29) is 40.4 Å². The molecule has 1 aliphatic carbocycles. The zero-order chi connectivity index (χ0) is 31.1. The number of carbonyl (C=O) groups is 2. The van der Waals surface area contributed by atoms with Gasteiger partial charge in [-0.25, -0.2) is 9.37 Å². The average Bonchev–Trinajstić information content (AvgIpc) is 3.40. The summed E-state index contributed by atoms with van der Waals surface area (Å²) in [5.41, 5.74) is 3.04. The van der Waals surface area contributed by atoms with Gasteiger partial charge in [-0.15, -0.1) is 10.2 Å². The van der Waals surface area contributed by atoms with Crippen LogP contribution in [0.3, 0.4) is 0 Å². The highest BCUT2D eigenvalue weighted by Gasteiger charge is 2.43. The van der Waals surface area contributed by atoms with Crippen LogP contribution in [0.4, 0.5) is 18.9 Å². The third-order valence-corrected chi connectivity index (χ3v) is 7.88. The first-order valence-corrected chi connectivity index (χ1v) is 14.3. The highest BCUT2D eigenvalue weighted by Crippen LogP contribution is 2.35. The van der Waals surface area contributed by atoms with Crippen molar-refractivity contribution in [3.8, 4) is 11.5 Å². The second-order valence-electron chi connectivity index (χ2n) is 10.9. The predicted octanol–water partition coefficient (Wildman–Crippen LogP) is 4.12. The summed E-state index contributed by atoms with van der Waals surface area (Å²) in [7, 11) is 0. The number of anilines is 1. The molecule has 2 fully saturated rings. The number of fused-ring (bicyclic) bond motifs is 1. The lowest BCUT2D eigenvalue weighted by molar-refractivity contribution is -0.117. The molecule has 2 aromatic carbocycles. The fourth-order valence-electron chi connectivity index (χ4n) is 5.41. The fourth-order valence-corrected chi connectivity index (χ4v) is 5.41. The number of amides is 2. The van der Waals surface area contributed by atoms with Crippen molar-refractivity contribution in [2.24, 2.45) is 5.92 Å². The van der Waals surface area contributed by atoms with Crippen molar-refractivity contribution in [3.63, 3.8) is 0 Å². The molecular formula is C30H26F3N9O3. The lowest BCUT2D eigenvalue weighted by atomic mass is 10.0. The molecule has 45 heavy (non-hydrogen) atoms. The number of aromatic nitrogens is 6. The molecule has 0 bridgehead atoms. The van der Waals surface area contributed by atoms with Crippen LogP contribution >= 0.6 is 0 Å². The maximum absolute atomic E-state index is 13.5. The number of hydrogen-bond acceptors (Lipinski definition) is 9. The van der Waals surface area contributed by atoms with Crippen LogP contribution in [-0.2, 0) is 4.79 Å². The van der Waals surface area contributed by atoms with Gasteiger partial charge < -0.3 is 14.6 Å². The number of rotatable bonds is 8. The number of pyridine rings is 1. The molecule has 1 aliphatic heterocycles. The van der Waals surface area contributed by atoms with E-state index in [0.717, 1.165) is 5.56 Å². The van der Waals surface area contributed by atoms with Crippen molar-refractivity contribution in [2.45, 2.75) is 25.2 Å². The van der Waals surface area contributed by atoms with E-state index in [1.807, 2.05) is 35.2 Å². The summed E-state index contributed by atoms with van der Waals surface area (Å²) in [5, 5.41) is 14.0. The summed E-state index contributed by atoms with van der Waals surface area (Å²) in [4.78, 5) is 38.4. The Bertz CT molecular complexity index is 1860. The van der Waals surface area contributed by atoms with Crippen LogP contribution < -0.4 is 5.32 Å². The van der Waals surface area contributed by atoms with Crippen LogP contribution in [0, 0.1) is 5.92 Å². The molecule has 12 nitrogen and oxygen atoms in total. The summed E-state index contributed by atoms with van der Waals surface area (Å²) in [6.07, 6.45) is 0.651. The number of oxazole rings is 1. The van der Waals surface area contributed by atoms with Crippen molar-refractivity contribution < 1.29 is 27.2 Å². The van der Waals surface area contributed by atoms with Crippen LogP contribution in [0.1, 0.15) is 40.9 Å². The van der Waals surface area contributed by atoms with Crippen LogP contribution in [0.25, 0.3) is 22.6 Å². The summed E-state index contributed by atoms with van der Waals surface area (Å²) in [6, 6.07) is 17.1. The second kappa shape index (κ2) is 11.7. The molecule has 0 radical (unpaired) electrons. The molecule has 15 heteroatoms. The third kappa shape index (κ3) is 5.85. The number of carbonyl (C=O) groups excluding carboxylic acids is 2. The van der Waals surface area contributed by atoms with Gasteiger partial charge in [0.25, 0.3) is 5.91 Å². The van der Waals surface area contributed by atoms with Crippen molar-refractivity contribution in [1.82, 2.24) is 40.0 Å². The minimum Gasteiger partial charge on any atom is -0.436 e. The minimum absolute atomic E-state index is 0.153. The molecule has 7 rings (SSSR count). The third-order valence-electron chi connectivity index (χ3n) is 7.88. The predicted molar refractivity (Wildman–Crippen MR) is 154 cm³/mol. The summed E-state index contributed by atoms with van der Waals surface area (Å²) < 4.78 is 45.5.